The fourth-order valence-corrected chi connectivity index (χ4v) is 0.667. The van der Waals surface area contributed by atoms with Gasteiger partial charge in [0.25, 0.3) is 0 Å². The van der Waals surface area contributed by atoms with Crippen LogP contribution in [0.3, 0.4) is 0 Å². The van der Waals surface area contributed by atoms with E-state index in [9.17, 15) is 9.59 Å². The summed E-state index contributed by atoms with van der Waals surface area (Å²) in [6, 6.07) is -0.377. The van der Waals surface area contributed by atoms with Gasteiger partial charge in [-0.3, -0.25) is 4.79 Å². The van der Waals surface area contributed by atoms with Gasteiger partial charge in [0, 0.05) is 20.1 Å². The molecule has 0 fully saturated rings. The summed E-state index contributed by atoms with van der Waals surface area (Å²) >= 11 is 0. The predicted octanol–water partition coefficient (Wildman–Crippen LogP) is -1.07. The first-order chi connectivity index (χ1) is 6.07. The molecular formula is C7H15N3O3. The zero-order valence-corrected chi connectivity index (χ0v) is 7.83. The molecule has 0 aliphatic heterocycles. The summed E-state index contributed by atoms with van der Waals surface area (Å²) in [5.41, 5.74) is 0. The Hall–Kier alpha value is -1.30. The summed E-state index contributed by atoms with van der Waals surface area (Å²) in [5, 5.41) is 13.4. The normalized spacial score (nSPS) is 9.38. The van der Waals surface area contributed by atoms with Gasteiger partial charge < -0.3 is 20.6 Å². The molecule has 0 atom stereocenters. The number of amides is 2. The monoisotopic (exact) mass is 189 g/mol. The minimum atomic E-state index is -1.05. The molecule has 0 aliphatic rings. The van der Waals surface area contributed by atoms with Gasteiger partial charge in [-0.2, -0.15) is 0 Å². The van der Waals surface area contributed by atoms with Crippen LogP contribution in [0.5, 0.6) is 0 Å². The highest BCUT2D eigenvalue weighted by Crippen LogP contribution is 1.81. The summed E-state index contributed by atoms with van der Waals surface area (Å²) in [5.74, 6) is -1.05. The molecule has 6 heteroatoms. The maximum absolute atomic E-state index is 11.1. The molecule has 13 heavy (non-hydrogen) atoms. The number of nitrogens with one attached hydrogen (secondary N) is 2. The maximum Gasteiger partial charge on any atom is 0.323 e. The average molecular weight is 189 g/mol. The van der Waals surface area contributed by atoms with Crippen LogP contribution in [0.4, 0.5) is 4.79 Å². The van der Waals surface area contributed by atoms with Gasteiger partial charge in [0.05, 0.1) is 0 Å². The standard InChI is InChI=1S/C7H15N3O3/c1-8-3-4-10(2)7(13)9-5-6(11)12/h8H,3-5H2,1-2H3,(H,9,13)(H,11,12). The smallest absolute Gasteiger partial charge is 0.323 e. The third kappa shape index (κ3) is 5.92. The van der Waals surface area contributed by atoms with Crippen LogP contribution in [0.1, 0.15) is 0 Å². The quantitative estimate of drug-likeness (QED) is 0.514. The van der Waals surface area contributed by atoms with Crippen molar-refractivity contribution in [1.82, 2.24) is 15.5 Å². The fourth-order valence-electron chi connectivity index (χ4n) is 0.667. The van der Waals surface area contributed by atoms with E-state index in [1.807, 2.05) is 0 Å². The molecule has 0 saturated carbocycles. The molecule has 0 aromatic carbocycles. The van der Waals surface area contributed by atoms with E-state index in [1.54, 1.807) is 14.1 Å². The molecule has 0 aromatic rings. The first kappa shape index (κ1) is 11.7. The highest BCUT2D eigenvalue weighted by molar-refractivity contribution is 5.79. The molecule has 0 aliphatic carbocycles. The number of carbonyl (C=O) groups excluding carboxylic acids is 1. The molecule has 0 bridgehead atoms. The first-order valence-corrected chi connectivity index (χ1v) is 3.93. The summed E-state index contributed by atoms with van der Waals surface area (Å²) < 4.78 is 0. The Morgan fingerprint density at radius 2 is 2.08 bits per heavy atom. The Morgan fingerprint density at radius 1 is 1.46 bits per heavy atom. The molecule has 0 saturated heterocycles. The zero-order chi connectivity index (χ0) is 10.3. The number of carboxylic acids is 1. The number of nitrogens with zero attached hydrogens (tertiary/aromatic N) is 1. The van der Waals surface area contributed by atoms with Gasteiger partial charge in [-0.25, -0.2) is 4.79 Å². The lowest BCUT2D eigenvalue weighted by Crippen LogP contribution is -2.42. The minimum Gasteiger partial charge on any atom is -0.480 e. The van der Waals surface area contributed by atoms with Crippen LogP contribution in [0.15, 0.2) is 0 Å². The SMILES string of the molecule is CNCCN(C)C(=O)NCC(=O)O. The van der Waals surface area contributed by atoms with Crippen LogP contribution in [-0.4, -0.2) is 55.7 Å². The van der Waals surface area contributed by atoms with Crippen LogP contribution >= 0.6 is 0 Å². The number of likely N-dealkylation sites (N-methyl/N-ethyl adjacent to an activating group) is 2. The summed E-state index contributed by atoms with van der Waals surface area (Å²) in [6.45, 7) is 0.877. The lowest BCUT2D eigenvalue weighted by molar-refractivity contribution is -0.135. The topological polar surface area (TPSA) is 81.7 Å². The van der Waals surface area contributed by atoms with Crippen molar-refractivity contribution in [3.8, 4) is 0 Å². The molecule has 0 rings (SSSR count). The van der Waals surface area contributed by atoms with Gasteiger partial charge in [-0.1, -0.05) is 0 Å². The lowest BCUT2D eigenvalue weighted by Gasteiger charge is -2.16. The van der Waals surface area contributed by atoms with E-state index >= 15 is 0 Å². The highest BCUT2D eigenvalue weighted by atomic mass is 16.4. The molecule has 0 spiro atoms. The van der Waals surface area contributed by atoms with Crippen molar-refractivity contribution in [1.29, 1.82) is 0 Å². The molecule has 0 aromatic heterocycles. The van der Waals surface area contributed by atoms with E-state index < -0.39 is 5.97 Å². The molecule has 0 radical (unpaired) electrons. The number of rotatable bonds is 5. The Balaban J connectivity index is 3.63. The second-order valence-electron chi connectivity index (χ2n) is 2.58. The number of urea groups is 1. The average Bonchev–Trinajstić information content (AvgIpc) is 2.10. The van der Waals surface area contributed by atoms with Crippen LogP contribution in [0.25, 0.3) is 0 Å². The van der Waals surface area contributed by atoms with Crippen molar-refractivity contribution in [2.75, 3.05) is 33.7 Å². The van der Waals surface area contributed by atoms with Gasteiger partial charge in [-0.15, -0.1) is 0 Å². The second-order valence-corrected chi connectivity index (χ2v) is 2.58. The van der Waals surface area contributed by atoms with Crippen molar-refractivity contribution in [3.05, 3.63) is 0 Å². The largest absolute Gasteiger partial charge is 0.480 e. The predicted molar refractivity (Wildman–Crippen MR) is 47.6 cm³/mol. The first-order valence-electron chi connectivity index (χ1n) is 3.93. The van der Waals surface area contributed by atoms with Crippen LogP contribution in [-0.2, 0) is 4.79 Å². The summed E-state index contributed by atoms with van der Waals surface area (Å²) in [7, 11) is 3.39. The van der Waals surface area contributed by atoms with Crippen molar-refractivity contribution < 1.29 is 14.7 Å². The molecule has 76 valence electrons. The van der Waals surface area contributed by atoms with Gasteiger partial charge in [0.2, 0.25) is 0 Å². The van der Waals surface area contributed by atoms with Gasteiger partial charge in [0.1, 0.15) is 6.54 Å². The minimum absolute atomic E-state index is 0.345. The second kappa shape index (κ2) is 6.24. The molecule has 2 amide bonds. The van der Waals surface area contributed by atoms with E-state index in [-0.39, 0.29) is 12.6 Å². The molecule has 6 nitrogen and oxygen atoms in total. The Morgan fingerprint density at radius 3 is 2.54 bits per heavy atom. The van der Waals surface area contributed by atoms with Gasteiger partial charge in [-0.05, 0) is 7.05 Å². The third-order valence-corrected chi connectivity index (χ3v) is 1.43. The van der Waals surface area contributed by atoms with Crippen molar-refractivity contribution >= 4 is 12.0 Å². The van der Waals surface area contributed by atoms with Crippen LogP contribution < -0.4 is 10.6 Å². The number of hydrogen-bond acceptors (Lipinski definition) is 3. The van der Waals surface area contributed by atoms with Gasteiger partial charge in [0.15, 0.2) is 0 Å². The van der Waals surface area contributed by atoms with Crippen molar-refractivity contribution in [2.24, 2.45) is 0 Å². The Bertz CT molecular complexity index is 184. The third-order valence-electron chi connectivity index (χ3n) is 1.43. The van der Waals surface area contributed by atoms with E-state index in [4.69, 9.17) is 5.11 Å². The Labute approximate surface area is 76.9 Å². The summed E-state index contributed by atoms with van der Waals surface area (Å²) in [4.78, 5) is 22.6. The Kier molecular flexibility index (Phi) is 5.62. The number of aliphatic carboxylic acids is 1. The van der Waals surface area contributed by atoms with Gasteiger partial charge >= 0.3 is 12.0 Å². The number of carboxylic acid groups (broad SMARTS) is 1. The van der Waals surface area contributed by atoms with Crippen LogP contribution in [0.2, 0.25) is 0 Å². The molecule has 3 N–H and O–H groups in total. The van der Waals surface area contributed by atoms with E-state index in [2.05, 4.69) is 10.6 Å². The number of carbonyl (C=O) groups is 2. The number of hydrogen-bond donors (Lipinski definition) is 3. The van der Waals surface area contributed by atoms with Crippen molar-refractivity contribution in [2.45, 2.75) is 0 Å². The maximum atomic E-state index is 11.1. The fraction of sp³-hybridized carbons (Fsp3) is 0.714. The van der Waals surface area contributed by atoms with Crippen LogP contribution in [0, 0.1) is 0 Å². The summed E-state index contributed by atoms with van der Waals surface area (Å²) in [6.07, 6.45) is 0. The highest BCUT2D eigenvalue weighted by Gasteiger charge is 2.07. The zero-order valence-electron chi connectivity index (χ0n) is 7.83. The molecular weight excluding hydrogens is 174 g/mol. The lowest BCUT2D eigenvalue weighted by atomic mass is 10.5. The van der Waals surface area contributed by atoms with Crippen molar-refractivity contribution in [3.63, 3.8) is 0 Å². The molecule has 0 unspecified atom stereocenters. The van der Waals surface area contributed by atoms with E-state index in [0.717, 1.165) is 0 Å². The van der Waals surface area contributed by atoms with E-state index in [0.29, 0.717) is 13.1 Å². The molecule has 0 heterocycles. The van der Waals surface area contributed by atoms with E-state index in [1.165, 1.54) is 4.90 Å².